The van der Waals surface area contributed by atoms with Crippen LogP contribution in [-0.4, -0.2) is 26.6 Å². The van der Waals surface area contributed by atoms with E-state index in [1.165, 1.54) is 12.5 Å². The first-order valence-corrected chi connectivity index (χ1v) is 9.39. The molecule has 1 N–H and O–H groups in total. The van der Waals surface area contributed by atoms with E-state index < -0.39 is 9.84 Å². The summed E-state index contributed by atoms with van der Waals surface area (Å²) < 4.78 is 27.8. The molecule has 0 spiro atoms. The van der Waals surface area contributed by atoms with Gasteiger partial charge in [-0.25, -0.2) is 8.42 Å². The van der Waals surface area contributed by atoms with E-state index in [1.54, 1.807) is 6.07 Å². The maximum Gasteiger partial charge on any atom is 0.287 e. The number of furan rings is 1. The molecule has 6 heteroatoms. The lowest BCUT2D eigenvalue weighted by atomic mass is 9.78. The topological polar surface area (TPSA) is 76.4 Å². The highest BCUT2D eigenvalue weighted by Crippen LogP contribution is 2.29. The molecule has 1 amide bonds. The van der Waals surface area contributed by atoms with Crippen LogP contribution in [0.15, 0.2) is 16.5 Å². The highest BCUT2D eigenvalue weighted by atomic mass is 32.2. The predicted molar refractivity (Wildman–Crippen MR) is 80.7 cm³/mol. The van der Waals surface area contributed by atoms with Gasteiger partial charge in [0.15, 0.2) is 15.6 Å². The average molecular weight is 313 g/mol. The smallest absolute Gasteiger partial charge is 0.287 e. The van der Waals surface area contributed by atoms with Crippen LogP contribution in [-0.2, 0) is 15.6 Å². The molecule has 0 unspecified atom stereocenters. The quantitative estimate of drug-likeness (QED) is 0.926. The molecule has 2 rings (SSSR count). The van der Waals surface area contributed by atoms with Crippen LogP contribution in [0.2, 0.25) is 0 Å². The summed E-state index contributed by atoms with van der Waals surface area (Å²) in [5.74, 6) is 0.925. The zero-order chi connectivity index (χ0) is 15.6. The van der Waals surface area contributed by atoms with E-state index >= 15 is 0 Å². The molecule has 1 aliphatic carbocycles. The fraction of sp³-hybridized carbons (Fsp3) is 0.667. The van der Waals surface area contributed by atoms with Gasteiger partial charge in [0.1, 0.15) is 11.5 Å². The van der Waals surface area contributed by atoms with Gasteiger partial charge in [0.05, 0.1) is 0 Å². The Morgan fingerprint density at radius 3 is 2.48 bits per heavy atom. The summed E-state index contributed by atoms with van der Waals surface area (Å²) in [7, 11) is -3.16. The molecular formula is C15H23NO4S. The number of hydrogen-bond donors (Lipinski definition) is 1. The molecular weight excluding hydrogens is 290 g/mol. The fourth-order valence-electron chi connectivity index (χ4n) is 3.02. The number of amides is 1. The molecule has 5 nitrogen and oxygen atoms in total. The molecule has 0 aliphatic heterocycles. The van der Waals surface area contributed by atoms with Crippen molar-refractivity contribution in [3.8, 4) is 0 Å². The summed E-state index contributed by atoms with van der Waals surface area (Å²) in [5.41, 5.74) is 0. The Hall–Kier alpha value is -1.30. The van der Waals surface area contributed by atoms with Gasteiger partial charge < -0.3 is 9.73 Å². The van der Waals surface area contributed by atoms with Gasteiger partial charge in [-0.15, -0.1) is 0 Å². The predicted octanol–water partition coefficient (Wildman–Crippen LogP) is 2.38. The van der Waals surface area contributed by atoms with Crippen LogP contribution in [0.25, 0.3) is 0 Å². The molecule has 0 radical (unpaired) electrons. The maximum atomic E-state index is 12.2. The first-order chi connectivity index (χ1) is 9.76. The molecule has 1 heterocycles. The van der Waals surface area contributed by atoms with Gasteiger partial charge >= 0.3 is 0 Å². The molecule has 0 bridgehead atoms. The third-order valence-corrected chi connectivity index (χ3v) is 4.94. The SMILES string of the molecule is C[C@H]1CCC[C@H](C)C1NC(=O)c1ccc(CS(C)(=O)=O)o1. The number of rotatable bonds is 4. The van der Waals surface area contributed by atoms with Crippen LogP contribution in [0.3, 0.4) is 0 Å². The Kier molecular flexibility index (Phi) is 4.76. The van der Waals surface area contributed by atoms with Crippen molar-refractivity contribution in [1.29, 1.82) is 0 Å². The second kappa shape index (κ2) is 6.22. The van der Waals surface area contributed by atoms with Crippen molar-refractivity contribution in [3.05, 3.63) is 23.7 Å². The van der Waals surface area contributed by atoms with Gasteiger partial charge in [0.25, 0.3) is 5.91 Å². The summed E-state index contributed by atoms with van der Waals surface area (Å²) in [6.07, 6.45) is 4.58. The standard InChI is InChI=1S/C15H23NO4S/c1-10-5-4-6-11(2)14(10)16-15(17)13-8-7-12(20-13)9-21(3,18)19/h7-8,10-11,14H,4-6,9H2,1-3H3,(H,16,17)/t10-,11-/m0/s1. The lowest BCUT2D eigenvalue weighted by Gasteiger charge is -2.34. The van der Waals surface area contributed by atoms with Gasteiger partial charge in [-0.05, 0) is 36.8 Å². The van der Waals surface area contributed by atoms with E-state index in [4.69, 9.17) is 4.42 Å². The van der Waals surface area contributed by atoms with Crippen LogP contribution in [0.1, 0.15) is 49.4 Å². The highest BCUT2D eigenvalue weighted by Gasteiger charge is 2.29. The van der Waals surface area contributed by atoms with Crippen molar-refractivity contribution in [2.24, 2.45) is 11.8 Å². The Balaban J connectivity index is 2.03. The number of nitrogens with one attached hydrogen (secondary N) is 1. The van der Waals surface area contributed by atoms with E-state index in [9.17, 15) is 13.2 Å². The summed E-state index contributed by atoms with van der Waals surface area (Å²) in [4.78, 5) is 12.2. The highest BCUT2D eigenvalue weighted by molar-refractivity contribution is 7.89. The van der Waals surface area contributed by atoms with Crippen LogP contribution in [0.4, 0.5) is 0 Å². The minimum Gasteiger partial charge on any atom is -0.455 e. The monoisotopic (exact) mass is 313 g/mol. The number of carbonyl (C=O) groups excluding carboxylic acids is 1. The van der Waals surface area contributed by atoms with Crippen molar-refractivity contribution < 1.29 is 17.6 Å². The van der Waals surface area contributed by atoms with Crippen molar-refractivity contribution in [2.75, 3.05) is 6.26 Å². The number of sulfone groups is 1. The fourth-order valence-corrected chi connectivity index (χ4v) is 3.70. The summed E-state index contributed by atoms with van der Waals surface area (Å²) in [6, 6.07) is 3.23. The van der Waals surface area contributed by atoms with E-state index in [0.29, 0.717) is 17.6 Å². The zero-order valence-electron chi connectivity index (χ0n) is 12.8. The third kappa shape index (κ3) is 4.33. The molecule has 2 atom stereocenters. The Morgan fingerprint density at radius 2 is 1.90 bits per heavy atom. The summed E-state index contributed by atoms with van der Waals surface area (Å²) >= 11 is 0. The van der Waals surface area contributed by atoms with Gasteiger partial charge in [-0.3, -0.25) is 4.79 Å². The lowest BCUT2D eigenvalue weighted by Crippen LogP contribution is -2.45. The molecule has 1 aromatic rings. The van der Waals surface area contributed by atoms with E-state index in [-0.39, 0.29) is 23.5 Å². The molecule has 1 fully saturated rings. The number of hydrogen-bond acceptors (Lipinski definition) is 4. The van der Waals surface area contributed by atoms with Crippen LogP contribution in [0.5, 0.6) is 0 Å². The Bertz CT molecular complexity index is 595. The first kappa shape index (κ1) is 16.1. The van der Waals surface area contributed by atoms with Gasteiger partial charge in [0, 0.05) is 12.3 Å². The second-order valence-electron chi connectivity index (χ2n) is 6.22. The van der Waals surface area contributed by atoms with Gasteiger partial charge in [0.2, 0.25) is 0 Å². The van der Waals surface area contributed by atoms with Crippen LogP contribution >= 0.6 is 0 Å². The largest absolute Gasteiger partial charge is 0.455 e. The second-order valence-corrected chi connectivity index (χ2v) is 8.36. The van der Waals surface area contributed by atoms with Crippen molar-refractivity contribution in [1.82, 2.24) is 5.32 Å². The average Bonchev–Trinajstić information content (AvgIpc) is 2.80. The number of carbonyl (C=O) groups is 1. The summed E-state index contributed by atoms with van der Waals surface area (Å²) in [6.45, 7) is 4.30. The van der Waals surface area contributed by atoms with Crippen LogP contribution < -0.4 is 5.32 Å². The molecule has 118 valence electrons. The van der Waals surface area contributed by atoms with E-state index in [1.807, 2.05) is 0 Å². The van der Waals surface area contributed by atoms with Gasteiger partial charge in [-0.1, -0.05) is 20.3 Å². The molecule has 21 heavy (non-hydrogen) atoms. The summed E-state index contributed by atoms with van der Waals surface area (Å²) in [5, 5.41) is 3.03. The molecule has 0 saturated heterocycles. The van der Waals surface area contributed by atoms with E-state index in [2.05, 4.69) is 19.2 Å². The van der Waals surface area contributed by atoms with Gasteiger partial charge in [-0.2, -0.15) is 0 Å². The molecule has 1 aromatic heterocycles. The van der Waals surface area contributed by atoms with E-state index in [0.717, 1.165) is 19.1 Å². The Labute approximate surface area is 126 Å². The Morgan fingerprint density at radius 1 is 1.29 bits per heavy atom. The van der Waals surface area contributed by atoms with Crippen molar-refractivity contribution in [3.63, 3.8) is 0 Å². The molecule has 1 aliphatic rings. The van der Waals surface area contributed by atoms with Crippen molar-refractivity contribution in [2.45, 2.75) is 44.9 Å². The minimum atomic E-state index is -3.16. The third-order valence-electron chi connectivity index (χ3n) is 4.13. The normalized spacial score (nSPS) is 24.0. The maximum absolute atomic E-state index is 12.2. The van der Waals surface area contributed by atoms with Crippen LogP contribution in [0, 0.1) is 11.8 Å². The van der Waals surface area contributed by atoms with Crippen molar-refractivity contribution >= 4 is 15.7 Å². The minimum absolute atomic E-state index is 0.148. The zero-order valence-corrected chi connectivity index (χ0v) is 13.6. The first-order valence-electron chi connectivity index (χ1n) is 7.33. The molecule has 0 aromatic carbocycles. The molecule has 1 saturated carbocycles. The lowest BCUT2D eigenvalue weighted by molar-refractivity contribution is 0.0851.